The van der Waals surface area contributed by atoms with Crippen LogP contribution in [0.2, 0.25) is 0 Å². The summed E-state index contributed by atoms with van der Waals surface area (Å²) < 4.78 is 0. The molecular formula is C22H42N2O2. The normalized spacial score (nSPS) is 20.5. The van der Waals surface area contributed by atoms with Crippen molar-refractivity contribution in [2.24, 2.45) is 0 Å². The van der Waals surface area contributed by atoms with Crippen LogP contribution in [0.15, 0.2) is 0 Å². The average molecular weight is 367 g/mol. The molecule has 26 heavy (non-hydrogen) atoms. The molecule has 4 nitrogen and oxygen atoms in total. The highest BCUT2D eigenvalue weighted by atomic mass is 16.2. The van der Waals surface area contributed by atoms with E-state index in [0.29, 0.717) is 25.9 Å². The van der Waals surface area contributed by atoms with E-state index in [1.807, 2.05) is 9.80 Å². The van der Waals surface area contributed by atoms with Crippen molar-refractivity contribution in [2.45, 2.75) is 117 Å². The van der Waals surface area contributed by atoms with Gasteiger partial charge in [0.05, 0.1) is 0 Å². The van der Waals surface area contributed by atoms with E-state index in [1.165, 1.54) is 38.5 Å². The molecule has 0 unspecified atom stereocenters. The van der Waals surface area contributed by atoms with Crippen molar-refractivity contribution in [1.29, 1.82) is 0 Å². The van der Waals surface area contributed by atoms with Crippen LogP contribution in [0.1, 0.15) is 105 Å². The van der Waals surface area contributed by atoms with Gasteiger partial charge in [-0.25, -0.2) is 0 Å². The molecule has 0 spiro atoms. The Bertz CT molecular complexity index is 373. The summed E-state index contributed by atoms with van der Waals surface area (Å²) in [4.78, 5) is 29.1. The highest BCUT2D eigenvalue weighted by Gasteiger charge is 2.33. The van der Waals surface area contributed by atoms with E-state index in [1.54, 1.807) is 0 Å². The first-order valence-electron chi connectivity index (χ1n) is 11.1. The average Bonchev–Trinajstić information content (AvgIpc) is 2.62. The third-order valence-corrected chi connectivity index (χ3v) is 5.62. The van der Waals surface area contributed by atoms with Crippen molar-refractivity contribution in [3.63, 3.8) is 0 Å². The molecule has 0 radical (unpaired) electrons. The lowest BCUT2D eigenvalue weighted by molar-refractivity contribution is -0.145. The van der Waals surface area contributed by atoms with Gasteiger partial charge in [0.15, 0.2) is 0 Å². The van der Waals surface area contributed by atoms with Gasteiger partial charge in [-0.15, -0.1) is 0 Å². The lowest BCUT2D eigenvalue weighted by Crippen LogP contribution is -2.59. The van der Waals surface area contributed by atoms with Gasteiger partial charge in [-0.1, -0.05) is 65.2 Å². The number of carbonyl (C=O) groups excluding carboxylic acids is 2. The highest BCUT2D eigenvalue weighted by molar-refractivity contribution is 5.79. The van der Waals surface area contributed by atoms with Gasteiger partial charge in [-0.3, -0.25) is 9.59 Å². The van der Waals surface area contributed by atoms with E-state index >= 15 is 0 Å². The number of carbonyl (C=O) groups is 2. The van der Waals surface area contributed by atoms with Crippen LogP contribution in [0.3, 0.4) is 0 Å². The fourth-order valence-electron chi connectivity index (χ4n) is 3.87. The van der Waals surface area contributed by atoms with Crippen LogP contribution in [-0.4, -0.2) is 46.8 Å². The Morgan fingerprint density at radius 3 is 1.35 bits per heavy atom. The lowest BCUT2D eigenvalue weighted by Gasteiger charge is -2.44. The second kappa shape index (κ2) is 13.2. The van der Waals surface area contributed by atoms with E-state index in [0.717, 1.165) is 25.7 Å². The Hall–Kier alpha value is -1.06. The summed E-state index contributed by atoms with van der Waals surface area (Å²) in [5.74, 6) is 0.542. The molecule has 1 fully saturated rings. The number of amides is 2. The van der Waals surface area contributed by atoms with Gasteiger partial charge < -0.3 is 9.80 Å². The number of piperazine rings is 1. The maximum atomic E-state index is 12.6. The molecule has 0 aliphatic carbocycles. The zero-order valence-electron chi connectivity index (χ0n) is 17.8. The first kappa shape index (κ1) is 23.0. The molecule has 0 aromatic carbocycles. The predicted molar refractivity (Wildman–Crippen MR) is 109 cm³/mol. The monoisotopic (exact) mass is 366 g/mol. The number of rotatable bonds is 12. The molecule has 0 N–H and O–H groups in total. The molecule has 1 aliphatic rings. The van der Waals surface area contributed by atoms with Gasteiger partial charge in [0.1, 0.15) is 0 Å². The Morgan fingerprint density at radius 1 is 0.654 bits per heavy atom. The summed E-state index contributed by atoms with van der Waals surface area (Å²) in [6, 6.07) is 0.275. The molecule has 2 atom stereocenters. The molecule has 0 bridgehead atoms. The van der Waals surface area contributed by atoms with Crippen molar-refractivity contribution in [1.82, 2.24) is 9.80 Å². The van der Waals surface area contributed by atoms with Gasteiger partial charge in [-0.05, 0) is 26.7 Å². The highest BCUT2D eigenvalue weighted by Crippen LogP contribution is 2.19. The third-order valence-electron chi connectivity index (χ3n) is 5.62. The van der Waals surface area contributed by atoms with Crippen LogP contribution >= 0.6 is 0 Å². The fraction of sp³-hybridized carbons (Fsp3) is 0.909. The second-order valence-corrected chi connectivity index (χ2v) is 8.12. The minimum absolute atomic E-state index is 0.137. The molecular weight excluding hydrogens is 324 g/mol. The predicted octanol–water partition coefficient (Wildman–Crippen LogP) is 5.16. The van der Waals surface area contributed by atoms with Gasteiger partial charge in [0, 0.05) is 38.0 Å². The first-order valence-corrected chi connectivity index (χ1v) is 11.1. The molecule has 1 heterocycles. The van der Waals surface area contributed by atoms with Crippen LogP contribution in [-0.2, 0) is 9.59 Å². The topological polar surface area (TPSA) is 40.6 Å². The maximum Gasteiger partial charge on any atom is 0.222 e. The van der Waals surface area contributed by atoms with Crippen molar-refractivity contribution in [3.8, 4) is 0 Å². The van der Waals surface area contributed by atoms with Crippen LogP contribution in [0.5, 0.6) is 0 Å². The molecule has 0 aromatic rings. The van der Waals surface area contributed by atoms with E-state index in [9.17, 15) is 9.59 Å². The van der Waals surface area contributed by atoms with Crippen molar-refractivity contribution in [2.75, 3.05) is 13.1 Å². The Balaban J connectivity index is 2.35. The van der Waals surface area contributed by atoms with Crippen LogP contribution < -0.4 is 0 Å². The molecule has 1 rings (SSSR count). The van der Waals surface area contributed by atoms with Gasteiger partial charge in [-0.2, -0.15) is 0 Å². The number of nitrogens with zero attached hydrogens (tertiary/aromatic N) is 2. The maximum absolute atomic E-state index is 12.6. The molecule has 1 aliphatic heterocycles. The van der Waals surface area contributed by atoms with Crippen LogP contribution in [0.4, 0.5) is 0 Å². The lowest BCUT2D eigenvalue weighted by atomic mass is 10.0. The Morgan fingerprint density at radius 2 is 1.00 bits per heavy atom. The molecule has 0 saturated carbocycles. The van der Waals surface area contributed by atoms with Crippen molar-refractivity contribution >= 4 is 11.8 Å². The number of hydrogen-bond acceptors (Lipinski definition) is 2. The third kappa shape index (κ3) is 8.09. The summed E-state index contributed by atoms with van der Waals surface area (Å²) in [6.45, 7) is 9.97. The van der Waals surface area contributed by atoms with Gasteiger partial charge >= 0.3 is 0 Å². The van der Waals surface area contributed by atoms with Crippen molar-refractivity contribution < 1.29 is 9.59 Å². The van der Waals surface area contributed by atoms with E-state index in [2.05, 4.69) is 27.7 Å². The second-order valence-electron chi connectivity index (χ2n) is 8.12. The minimum atomic E-state index is 0.137. The molecule has 1 saturated heterocycles. The Kier molecular flexibility index (Phi) is 11.6. The molecule has 2 amide bonds. The minimum Gasteiger partial charge on any atom is -0.336 e. The standard InChI is InChI=1S/C22H42N2O2/c1-5-7-9-11-13-15-21(25)23-17-20(4)24(18-19(23)3)22(26)16-14-12-10-8-6-2/h19-20H,5-18H2,1-4H3/t19-,20+. The largest absolute Gasteiger partial charge is 0.336 e. The number of hydrogen-bond donors (Lipinski definition) is 0. The quantitative estimate of drug-likeness (QED) is 0.448. The summed E-state index contributed by atoms with van der Waals surface area (Å²) in [5.41, 5.74) is 0. The van der Waals surface area contributed by atoms with E-state index in [-0.39, 0.29) is 23.9 Å². The summed E-state index contributed by atoms with van der Waals surface area (Å²) in [6.07, 6.45) is 13.1. The van der Waals surface area contributed by atoms with E-state index in [4.69, 9.17) is 0 Å². The molecule has 0 aromatic heterocycles. The molecule has 4 heteroatoms. The number of unbranched alkanes of at least 4 members (excludes halogenated alkanes) is 8. The summed E-state index contributed by atoms with van der Waals surface area (Å²) in [5, 5.41) is 0. The van der Waals surface area contributed by atoms with Gasteiger partial charge in [0.2, 0.25) is 11.8 Å². The summed E-state index contributed by atoms with van der Waals surface area (Å²) in [7, 11) is 0. The van der Waals surface area contributed by atoms with Crippen molar-refractivity contribution in [3.05, 3.63) is 0 Å². The zero-order valence-corrected chi connectivity index (χ0v) is 17.8. The van der Waals surface area contributed by atoms with E-state index < -0.39 is 0 Å². The summed E-state index contributed by atoms with van der Waals surface area (Å²) >= 11 is 0. The first-order chi connectivity index (χ1) is 12.5. The fourth-order valence-corrected chi connectivity index (χ4v) is 3.87. The Labute approximate surface area is 161 Å². The molecule has 152 valence electrons. The SMILES string of the molecule is CCCCCCCC(=O)N1C[C@H](C)N(C(=O)CCCCCCC)C[C@H]1C. The zero-order chi connectivity index (χ0) is 19.4. The van der Waals surface area contributed by atoms with Crippen LogP contribution in [0, 0.1) is 0 Å². The van der Waals surface area contributed by atoms with Gasteiger partial charge in [0.25, 0.3) is 0 Å². The smallest absolute Gasteiger partial charge is 0.222 e. The van der Waals surface area contributed by atoms with Crippen LogP contribution in [0.25, 0.3) is 0 Å².